The maximum atomic E-state index is 13.7. The molecule has 0 unspecified atom stereocenters. The fourth-order valence-electron chi connectivity index (χ4n) is 4.53. The fourth-order valence-corrected chi connectivity index (χ4v) is 6.79. The van der Waals surface area contributed by atoms with Crippen LogP contribution in [0.3, 0.4) is 0 Å². The number of hydrogen-bond donors (Lipinski definition) is 1. The number of anilines is 1. The number of halogens is 1. The molecule has 1 aliphatic heterocycles. The molecule has 1 N–H and O–H groups in total. The maximum absolute atomic E-state index is 13.7. The van der Waals surface area contributed by atoms with Gasteiger partial charge in [0.05, 0.1) is 21.6 Å². The Balaban J connectivity index is 1.81. The van der Waals surface area contributed by atoms with Gasteiger partial charge in [-0.25, -0.2) is 4.68 Å². The van der Waals surface area contributed by atoms with E-state index in [2.05, 4.69) is 5.32 Å². The van der Waals surface area contributed by atoms with E-state index in [0.717, 1.165) is 32.9 Å². The van der Waals surface area contributed by atoms with Crippen molar-refractivity contribution in [2.75, 3.05) is 17.2 Å². The monoisotopic (exact) mass is 550 g/mol. The number of thioether (sulfide) groups is 1. The van der Waals surface area contributed by atoms with E-state index in [1.807, 2.05) is 91.5 Å². The molecule has 0 saturated carbocycles. The average molecular weight is 551 g/mol. The molecule has 0 fully saturated rings. The molecule has 3 heterocycles. The first-order valence-corrected chi connectivity index (χ1v) is 14.3. The quantitative estimate of drug-likeness (QED) is 0.308. The Kier molecular flexibility index (Phi) is 7.42. The number of aromatic nitrogens is 2. The van der Waals surface area contributed by atoms with E-state index in [0.29, 0.717) is 10.8 Å². The summed E-state index contributed by atoms with van der Waals surface area (Å²) in [6.45, 7) is 5.73. The van der Waals surface area contributed by atoms with Gasteiger partial charge in [0, 0.05) is 16.6 Å². The molecule has 1 aliphatic rings. The Hall–Kier alpha value is -3.07. The largest absolute Gasteiger partial charge is 0.352 e. The van der Waals surface area contributed by atoms with Crippen LogP contribution in [0.5, 0.6) is 0 Å². The first-order chi connectivity index (χ1) is 17.8. The first kappa shape index (κ1) is 25.6. The number of carbonyl (C=O) groups excluding carboxylic acids is 2. The van der Waals surface area contributed by atoms with Gasteiger partial charge in [0.15, 0.2) is 0 Å². The zero-order valence-corrected chi connectivity index (χ0v) is 23.2. The minimum atomic E-state index is -0.249. The van der Waals surface area contributed by atoms with E-state index < -0.39 is 0 Å². The number of nitrogens with zero attached hydrogens (tertiary/aromatic N) is 3. The lowest BCUT2D eigenvalue weighted by Crippen LogP contribution is -2.44. The number of benzene rings is 2. The first-order valence-electron chi connectivity index (χ1n) is 12.0. The molecule has 0 spiro atoms. The molecule has 0 saturated heterocycles. The zero-order chi connectivity index (χ0) is 26.1. The van der Waals surface area contributed by atoms with Gasteiger partial charge in [-0.15, -0.1) is 23.1 Å². The molecule has 0 aliphatic carbocycles. The summed E-state index contributed by atoms with van der Waals surface area (Å²) >= 11 is 9.83. The molecule has 1 atom stereocenters. The highest BCUT2D eigenvalue weighted by Crippen LogP contribution is 2.50. The highest BCUT2D eigenvalue weighted by atomic mass is 35.5. The highest BCUT2D eigenvalue weighted by molar-refractivity contribution is 8.00. The lowest BCUT2D eigenvalue weighted by atomic mass is 10.0. The van der Waals surface area contributed by atoms with E-state index >= 15 is 0 Å². The third-order valence-electron chi connectivity index (χ3n) is 6.13. The number of amides is 2. The third-order valence-corrected chi connectivity index (χ3v) is 8.58. The number of para-hydroxylation sites is 1. The second kappa shape index (κ2) is 10.7. The van der Waals surface area contributed by atoms with Crippen LogP contribution in [0.15, 0.2) is 66.0 Å². The summed E-state index contributed by atoms with van der Waals surface area (Å²) in [5.74, 6) is 0.450. The van der Waals surface area contributed by atoms with E-state index in [1.54, 1.807) is 16.2 Å². The smallest absolute Gasteiger partial charge is 0.240 e. The van der Waals surface area contributed by atoms with Crippen molar-refractivity contribution >= 4 is 52.3 Å². The second-order valence-electron chi connectivity index (χ2n) is 9.18. The summed E-state index contributed by atoms with van der Waals surface area (Å²) in [7, 11) is 0. The molecule has 0 bridgehead atoms. The number of carbonyl (C=O) groups is 2. The molecule has 5 rings (SSSR count). The van der Waals surface area contributed by atoms with Crippen LogP contribution in [-0.2, 0) is 9.59 Å². The molecular weight excluding hydrogens is 524 g/mol. The minimum absolute atomic E-state index is 0.0396. The predicted molar refractivity (Wildman–Crippen MR) is 153 cm³/mol. The predicted octanol–water partition coefficient (Wildman–Crippen LogP) is 6.26. The number of rotatable bonds is 6. The highest BCUT2D eigenvalue weighted by Gasteiger charge is 2.38. The summed E-state index contributed by atoms with van der Waals surface area (Å²) in [4.78, 5) is 29.2. The van der Waals surface area contributed by atoms with Crippen molar-refractivity contribution < 1.29 is 9.59 Å². The van der Waals surface area contributed by atoms with Crippen molar-refractivity contribution in [2.45, 2.75) is 32.1 Å². The van der Waals surface area contributed by atoms with Crippen LogP contribution >= 0.6 is 34.7 Å². The molecule has 2 aromatic heterocycles. The molecule has 4 aromatic rings. The molecular formula is C28H27ClN4O2S2. The Bertz CT molecular complexity index is 1450. The second-order valence-corrected chi connectivity index (χ2v) is 11.6. The van der Waals surface area contributed by atoms with E-state index in [-0.39, 0.29) is 35.4 Å². The number of thiophene rings is 1. The summed E-state index contributed by atoms with van der Waals surface area (Å²) in [5.41, 5.74) is 4.45. The Morgan fingerprint density at radius 3 is 2.59 bits per heavy atom. The summed E-state index contributed by atoms with van der Waals surface area (Å²) in [6.07, 6.45) is 0. The number of nitrogens with one attached hydrogen (secondary N) is 1. The Morgan fingerprint density at radius 2 is 1.89 bits per heavy atom. The average Bonchev–Trinajstić information content (AvgIpc) is 3.49. The standard InChI is InChI=1S/C28H27ClN4O2S2/c1-17(2)30-23(34)15-32-24(35)16-37-27(19-10-5-6-11-20(19)29)25-26(22-13-8-14-36-22)31-33(28(25)32)21-12-7-4-9-18(21)3/h4-14,17,27H,15-16H2,1-3H3,(H,30,34)/t27-/m1/s1. The lowest BCUT2D eigenvalue weighted by molar-refractivity contribution is -0.123. The number of hydrogen-bond acceptors (Lipinski definition) is 5. The van der Waals surface area contributed by atoms with Crippen molar-refractivity contribution in [3.05, 3.63) is 87.8 Å². The van der Waals surface area contributed by atoms with Crippen molar-refractivity contribution in [1.29, 1.82) is 0 Å². The fraction of sp³-hybridized carbons (Fsp3) is 0.250. The van der Waals surface area contributed by atoms with E-state index in [1.165, 1.54) is 11.8 Å². The topological polar surface area (TPSA) is 67.2 Å². The molecule has 6 nitrogen and oxygen atoms in total. The molecule has 0 radical (unpaired) electrons. The summed E-state index contributed by atoms with van der Waals surface area (Å²) in [6, 6.07) is 19.6. The van der Waals surface area contributed by atoms with Crippen molar-refractivity contribution in [3.8, 4) is 16.3 Å². The molecule has 190 valence electrons. The lowest BCUT2D eigenvalue weighted by Gasteiger charge is -2.24. The van der Waals surface area contributed by atoms with Crippen molar-refractivity contribution in [2.24, 2.45) is 0 Å². The van der Waals surface area contributed by atoms with E-state index in [4.69, 9.17) is 16.7 Å². The van der Waals surface area contributed by atoms with Crippen LogP contribution in [0.4, 0.5) is 5.82 Å². The van der Waals surface area contributed by atoms with E-state index in [9.17, 15) is 9.59 Å². The van der Waals surface area contributed by atoms with Crippen LogP contribution in [0.1, 0.15) is 35.8 Å². The molecule has 2 amide bonds. The van der Waals surface area contributed by atoms with Gasteiger partial charge in [0.2, 0.25) is 11.8 Å². The van der Waals surface area contributed by atoms with Gasteiger partial charge in [-0.2, -0.15) is 5.10 Å². The van der Waals surface area contributed by atoms with Gasteiger partial charge in [-0.3, -0.25) is 14.5 Å². The molecule has 9 heteroatoms. The van der Waals surface area contributed by atoms with Gasteiger partial charge in [-0.1, -0.05) is 54.1 Å². The minimum Gasteiger partial charge on any atom is -0.352 e. The zero-order valence-electron chi connectivity index (χ0n) is 20.8. The Morgan fingerprint density at radius 1 is 1.14 bits per heavy atom. The van der Waals surface area contributed by atoms with Crippen molar-refractivity contribution in [1.82, 2.24) is 15.1 Å². The SMILES string of the molecule is Cc1ccccc1-n1nc(-c2cccs2)c2c1N(CC(=O)NC(C)C)C(=O)CS[C@@H]2c1ccccc1Cl. The summed E-state index contributed by atoms with van der Waals surface area (Å²) < 4.78 is 1.83. The number of aryl methyl sites for hydroxylation is 1. The Labute approximate surface area is 229 Å². The van der Waals surface area contributed by atoms with Crippen LogP contribution in [0.2, 0.25) is 5.02 Å². The third kappa shape index (κ3) is 5.06. The van der Waals surface area contributed by atoms with Crippen LogP contribution in [0.25, 0.3) is 16.3 Å². The van der Waals surface area contributed by atoms with Gasteiger partial charge in [0.25, 0.3) is 0 Å². The molecule has 37 heavy (non-hydrogen) atoms. The maximum Gasteiger partial charge on any atom is 0.240 e. The van der Waals surface area contributed by atoms with Crippen LogP contribution in [0, 0.1) is 6.92 Å². The van der Waals surface area contributed by atoms with Gasteiger partial charge in [0.1, 0.15) is 18.1 Å². The normalized spacial score (nSPS) is 15.5. The number of fused-ring (bicyclic) bond motifs is 1. The van der Waals surface area contributed by atoms with Crippen LogP contribution < -0.4 is 10.2 Å². The van der Waals surface area contributed by atoms with Gasteiger partial charge >= 0.3 is 0 Å². The van der Waals surface area contributed by atoms with Crippen LogP contribution in [-0.4, -0.2) is 39.9 Å². The summed E-state index contributed by atoms with van der Waals surface area (Å²) in [5, 5.41) is 10.4. The molecule has 2 aromatic carbocycles. The van der Waals surface area contributed by atoms with Crippen molar-refractivity contribution in [3.63, 3.8) is 0 Å². The van der Waals surface area contributed by atoms with Gasteiger partial charge < -0.3 is 5.32 Å². The van der Waals surface area contributed by atoms with Gasteiger partial charge in [-0.05, 0) is 55.5 Å².